The first-order valence-corrected chi connectivity index (χ1v) is 13.6. The van der Waals surface area contributed by atoms with Gasteiger partial charge in [-0.25, -0.2) is 0 Å². The van der Waals surface area contributed by atoms with Gasteiger partial charge in [-0.15, -0.1) is 0 Å². The molecule has 5 atom stereocenters. The molecular formula is C25H48N8O5. The summed E-state index contributed by atoms with van der Waals surface area (Å²) in [7, 11) is 0. The molecule has 0 heterocycles. The van der Waals surface area contributed by atoms with Crippen molar-refractivity contribution in [1.82, 2.24) is 16.0 Å². The van der Waals surface area contributed by atoms with Crippen molar-refractivity contribution < 1.29 is 24.3 Å². The second kappa shape index (κ2) is 17.7. The number of nitrogens with one attached hydrogen (secondary N) is 3. The van der Waals surface area contributed by atoms with Gasteiger partial charge in [0.2, 0.25) is 17.7 Å². The molecule has 2 unspecified atom stereocenters. The quantitative estimate of drug-likeness (QED) is 0.0607. The molecule has 1 aliphatic rings. The largest absolute Gasteiger partial charge is 0.391 e. The highest BCUT2D eigenvalue weighted by atomic mass is 16.3. The number of nitrogens with two attached hydrogens (primary N) is 4. The number of aliphatic imine (C=N–C) groups is 1. The number of carbonyl (C=O) groups is 4. The minimum Gasteiger partial charge on any atom is -0.391 e. The van der Waals surface area contributed by atoms with Gasteiger partial charge >= 0.3 is 0 Å². The molecule has 0 aromatic rings. The number of hydrogen-bond donors (Lipinski definition) is 8. The van der Waals surface area contributed by atoms with Gasteiger partial charge in [-0.3, -0.25) is 24.2 Å². The number of Topliss-reactive ketones (excluding diaryl/α,β-unsaturated/α-hetero) is 1. The van der Waals surface area contributed by atoms with Crippen LogP contribution in [0.2, 0.25) is 0 Å². The van der Waals surface area contributed by atoms with Gasteiger partial charge in [0, 0.05) is 25.4 Å². The third-order valence-corrected chi connectivity index (χ3v) is 6.85. The summed E-state index contributed by atoms with van der Waals surface area (Å²) in [5.74, 6) is -1.79. The number of carbonyl (C=O) groups excluding carboxylic acids is 4. The van der Waals surface area contributed by atoms with Gasteiger partial charge in [0.25, 0.3) is 0 Å². The molecule has 1 saturated carbocycles. The minimum atomic E-state index is -1.35. The van der Waals surface area contributed by atoms with Crippen LogP contribution in [0.15, 0.2) is 4.99 Å². The Labute approximate surface area is 225 Å². The third-order valence-electron chi connectivity index (χ3n) is 6.85. The second-order valence-corrected chi connectivity index (χ2v) is 10.0. The van der Waals surface area contributed by atoms with Crippen LogP contribution in [0.25, 0.3) is 0 Å². The molecule has 0 spiro atoms. The number of aliphatic hydroxyl groups is 1. The molecule has 1 rings (SSSR count). The lowest BCUT2D eigenvalue weighted by atomic mass is 9.83. The first kappa shape index (κ1) is 33.3. The molecule has 12 N–H and O–H groups in total. The van der Waals surface area contributed by atoms with E-state index in [0.29, 0.717) is 6.42 Å². The van der Waals surface area contributed by atoms with Gasteiger partial charge in [-0.1, -0.05) is 26.2 Å². The number of hydrogen-bond acceptors (Lipinski definition) is 8. The van der Waals surface area contributed by atoms with Crippen LogP contribution in [0.3, 0.4) is 0 Å². The van der Waals surface area contributed by atoms with Crippen LogP contribution in [0.5, 0.6) is 0 Å². The van der Waals surface area contributed by atoms with E-state index in [0.717, 1.165) is 25.7 Å². The molecule has 218 valence electrons. The highest BCUT2D eigenvalue weighted by Gasteiger charge is 2.32. The van der Waals surface area contributed by atoms with Crippen molar-refractivity contribution >= 4 is 29.5 Å². The predicted octanol–water partition coefficient (Wildman–Crippen LogP) is -1.50. The molecule has 0 aromatic carbocycles. The Hall–Kier alpha value is -2.77. The lowest BCUT2D eigenvalue weighted by Gasteiger charge is -2.28. The van der Waals surface area contributed by atoms with Crippen LogP contribution in [0.4, 0.5) is 0 Å². The zero-order valence-electron chi connectivity index (χ0n) is 22.8. The third kappa shape index (κ3) is 12.2. The summed E-state index contributed by atoms with van der Waals surface area (Å²) in [6.45, 7) is 3.43. The van der Waals surface area contributed by atoms with E-state index in [4.69, 9.17) is 22.9 Å². The van der Waals surface area contributed by atoms with Crippen LogP contribution in [-0.2, 0) is 19.2 Å². The van der Waals surface area contributed by atoms with E-state index < -0.39 is 36.0 Å². The van der Waals surface area contributed by atoms with E-state index in [1.807, 2.05) is 0 Å². The number of aliphatic hydroxyl groups excluding tert-OH is 1. The van der Waals surface area contributed by atoms with Gasteiger partial charge in [0.1, 0.15) is 12.1 Å². The van der Waals surface area contributed by atoms with Crippen LogP contribution >= 0.6 is 0 Å². The Morgan fingerprint density at radius 2 is 1.63 bits per heavy atom. The van der Waals surface area contributed by atoms with Crippen LogP contribution in [0.1, 0.15) is 78.1 Å². The van der Waals surface area contributed by atoms with E-state index in [1.165, 1.54) is 13.3 Å². The second-order valence-electron chi connectivity index (χ2n) is 10.0. The van der Waals surface area contributed by atoms with Gasteiger partial charge in [-0.05, 0) is 51.5 Å². The van der Waals surface area contributed by atoms with Gasteiger partial charge < -0.3 is 44.0 Å². The smallest absolute Gasteiger partial charge is 0.245 e. The molecule has 0 radical (unpaired) electrons. The fourth-order valence-electron chi connectivity index (χ4n) is 4.62. The Morgan fingerprint density at radius 3 is 2.18 bits per heavy atom. The van der Waals surface area contributed by atoms with Crippen molar-refractivity contribution in [2.24, 2.45) is 33.8 Å². The van der Waals surface area contributed by atoms with E-state index in [2.05, 4.69) is 20.9 Å². The van der Waals surface area contributed by atoms with Crippen LogP contribution in [0, 0.1) is 5.92 Å². The van der Waals surface area contributed by atoms with Crippen molar-refractivity contribution in [3.8, 4) is 0 Å². The topological polar surface area (TPSA) is 241 Å². The molecule has 1 fully saturated rings. The van der Waals surface area contributed by atoms with Gasteiger partial charge in [0.15, 0.2) is 11.7 Å². The minimum absolute atomic E-state index is 0.0720. The van der Waals surface area contributed by atoms with Crippen LogP contribution in [-0.4, -0.2) is 77.9 Å². The summed E-state index contributed by atoms with van der Waals surface area (Å²) in [5.41, 5.74) is 22.6. The normalized spacial score (nSPS) is 17.8. The number of rotatable bonds is 17. The van der Waals surface area contributed by atoms with E-state index in [9.17, 15) is 24.3 Å². The van der Waals surface area contributed by atoms with Crippen molar-refractivity contribution in [2.75, 3.05) is 13.1 Å². The summed E-state index contributed by atoms with van der Waals surface area (Å²) < 4.78 is 0. The molecule has 38 heavy (non-hydrogen) atoms. The van der Waals surface area contributed by atoms with Crippen molar-refractivity contribution in [1.29, 1.82) is 0 Å². The fourth-order valence-corrected chi connectivity index (χ4v) is 4.62. The average molecular weight is 541 g/mol. The average Bonchev–Trinajstić information content (AvgIpc) is 2.88. The first-order valence-electron chi connectivity index (χ1n) is 13.6. The Balaban J connectivity index is 2.92. The summed E-state index contributed by atoms with van der Waals surface area (Å²) >= 11 is 0. The summed E-state index contributed by atoms with van der Waals surface area (Å²) in [6.07, 6.45) is 5.10. The highest BCUT2D eigenvalue weighted by molar-refractivity contribution is 5.95. The maximum Gasteiger partial charge on any atom is 0.245 e. The van der Waals surface area contributed by atoms with E-state index in [1.54, 1.807) is 6.92 Å². The summed E-state index contributed by atoms with van der Waals surface area (Å²) in [4.78, 5) is 55.0. The maximum atomic E-state index is 13.2. The monoisotopic (exact) mass is 540 g/mol. The SMILES string of the molecule is CCC(=O)[C@H](CCN)NC(=O)[C@@H](NC(=O)[C@H](CCCN=C(N)N)NC(=O)CC(N)C1CCCCC1)C(C)O. The number of guanidine groups is 1. The first-order chi connectivity index (χ1) is 18.0. The molecule has 0 bridgehead atoms. The Bertz CT molecular complexity index is 797. The lowest BCUT2D eigenvalue weighted by Crippen LogP contribution is -2.59. The Kier molecular flexibility index (Phi) is 15.5. The summed E-state index contributed by atoms with van der Waals surface area (Å²) in [6, 6.07) is -3.50. The van der Waals surface area contributed by atoms with E-state index in [-0.39, 0.29) is 68.4 Å². The molecule has 0 aliphatic heterocycles. The maximum absolute atomic E-state index is 13.2. The number of ketones is 1. The van der Waals surface area contributed by atoms with Gasteiger partial charge in [0.05, 0.1) is 12.1 Å². The zero-order chi connectivity index (χ0) is 28.7. The molecule has 3 amide bonds. The molecule has 0 saturated heterocycles. The predicted molar refractivity (Wildman–Crippen MR) is 146 cm³/mol. The number of amides is 3. The van der Waals surface area contributed by atoms with Gasteiger partial charge in [-0.2, -0.15) is 0 Å². The molecule has 13 heteroatoms. The fraction of sp³-hybridized carbons (Fsp3) is 0.800. The number of nitrogens with zero attached hydrogens (tertiary/aromatic N) is 1. The Morgan fingerprint density at radius 1 is 0.974 bits per heavy atom. The lowest BCUT2D eigenvalue weighted by molar-refractivity contribution is -0.135. The van der Waals surface area contributed by atoms with E-state index >= 15 is 0 Å². The van der Waals surface area contributed by atoms with Crippen molar-refractivity contribution in [3.05, 3.63) is 0 Å². The van der Waals surface area contributed by atoms with Crippen molar-refractivity contribution in [2.45, 2.75) is 108 Å². The molecular weight excluding hydrogens is 492 g/mol. The zero-order valence-corrected chi connectivity index (χ0v) is 22.8. The standard InChI is InChI=1S/C25H48N8O5/c1-3-20(35)18(11-12-26)32-24(38)22(15(2)34)33-23(37)19(10-7-13-30-25(28)29)31-21(36)14-17(27)16-8-5-4-6-9-16/h15-19,22,34H,3-14,26-27H2,1-2H3,(H,31,36)(H,32,38)(H,33,37)(H4,28,29,30)/t15?,17?,18-,19-,22-/m0/s1. The summed E-state index contributed by atoms with van der Waals surface area (Å²) in [5, 5.41) is 18.0. The van der Waals surface area contributed by atoms with Crippen LogP contribution < -0.4 is 38.9 Å². The highest BCUT2D eigenvalue weighted by Crippen LogP contribution is 2.26. The molecule has 13 nitrogen and oxygen atoms in total. The van der Waals surface area contributed by atoms with Crippen molar-refractivity contribution in [3.63, 3.8) is 0 Å². The molecule has 0 aromatic heterocycles. The molecule has 1 aliphatic carbocycles.